The van der Waals surface area contributed by atoms with Gasteiger partial charge >= 0.3 is 5.97 Å². The van der Waals surface area contributed by atoms with Crippen molar-refractivity contribution < 1.29 is 17.9 Å². The van der Waals surface area contributed by atoms with Crippen molar-refractivity contribution in [2.75, 3.05) is 6.26 Å². The molecular weight excluding hydrogens is 324 g/mol. The standard InChI is InChI=1S/C19H36O4S/c1-16-14-18(23-17(2)20)12-10-8-6-4-5-7-9-11-13-19(15-16)24(3,21)22/h16,18-19H,4-15H2,1-3H3/t16-,18?,19?/m1/s1. The summed E-state index contributed by atoms with van der Waals surface area (Å²) in [7, 11) is -3.02. The number of hydrogen-bond acceptors (Lipinski definition) is 4. The lowest BCUT2D eigenvalue weighted by Crippen LogP contribution is -2.26. The summed E-state index contributed by atoms with van der Waals surface area (Å²) in [5, 5.41) is -0.254. The van der Waals surface area contributed by atoms with Crippen molar-refractivity contribution in [3.05, 3.63) is 0 Å². The molecule has 5 heteroatoms. The van der Waals surface area contributed by atoms with Gasteiger partial charge in [0.2, 0.25) is 0 Å². The van der Waals surface area contributed by atoms with Crippen molar-refractivity contribution in [2.24, 2.45) is 5.92 Å². The van der Waals surface area contributed by atoms with Gasteiger partial charge in [-0.1, -0.05) is 51.9 Å². The first-order valence-electron chi connectivity index (χ1n) is 9.65. The van der Waals surface area contributed by atoms with Crippen LogP contribution in [0.3, 0.4) is 0 Å². The van der Waals surface area contributed by atoms with Crippen molar-refractivity contribution >= 4 is 15.8 Å². The Bertz CT molecular complexity index is 458. The highest BCUT2D eigenvalue weighted by Gasteiger charge is 2.25. The third kappa shape index (κ3) is 9.65. The molecule has 0 N–H and O–H groups in total. The van der Waals surface area contributed by atoms with Gasteiger partial charge in [0.1, 0.15) is 15.9 Å². The van der Waals surface area contributed by atoms with E-state index in [0.29, 0.717) is 6.42 Å². The van der Waals surface area contributed by atoms with E-state index < -0.39 is 9.84 Å². The molecule has 0 aliphatic heterocycles. The second-order valence-electron chi connectivity index (χ2n) is 7.67. The van der Waals surface area contributed by atoms with Gasteiger partial charge in [-0.25, -0.2) is 8.42 Å². The zero-order valence-electron chi connectivity index (χ0n) is 15.8. The third-order valence-corrected chi connectivity index (χ3v) is 6.71. The Morgan fingerprint density at radius 2 is 1.38 bits per heavy atom. The van der Waals surface area contributed by atoms with Crippen LogP contribution < -0.4 is 0 Å². The van der Waals surface area contributed by atoms with Gasteiger partial charge in [-0.15, -0.1) is 0 Å². The van der Waals surface area contributed by atoms with Crippen LogP contribution in [0.5, 0.6) is 0 Å². The van der Waals surface area contributed by atoms with Crippen molar-refractivity contribution in [3.8, 4) is 0 Å². The van der Waals surface area contributed by atoms with Crippen LogP contribution in [0.4, 0.5) is 0 Å². The fourth-order valence-electron chi connectivity index (χ4n) is 3.76. The molecule has 0 aromatic carbocycles. The lowest BCUT2D eigenvalue weighted by atomic mass is 9.94. The molecule has 0 radical (unpaired) electrons. The summed E-state index contributed by atoms with van der Waals surface area (Å²) < 4.78 is 29.7. The van der Waals surface area contributed by atoms with Gasteiger partial charge in [0, 0.05) is 13.2 Å². The molecule has 1 aliphatic carbocycles. The van der Waals surface area contributed by atoms with E-state index in [1.54, 1.807) is 0 Å². The predicted molar refractivity (Wildman–Crippen MR) is 98.8 cm³/mol. The van der Waals surface area contributed by atoms with Crippen LogP contribution in [0.1, 0.15) is 90.9 Å². The Morgan fingerprint density at radius 3 is 1.88 bits per heavy atom. The Kier molecular flexibility index (Phi) is 9.94. The van der Waals surface area contributed by atoms with Crippen LogP contribution in [-0.2, 0) is 19.4 Å². The van der Waals surface area contributed by atoms with E-state index >= 15 is 0 Å². The van der Waals surface area contributed by atoms with Gasteiger partial charge in [0.15, 0.2) is 0 Å². The highest BCUT2D eigenvalue weighted by atomic mass is 32.2. The first-order valence-corrected chi connectivity index (χ1v) is 11.6. The van der Waals surface area contributed by atoms with E-state index in [2.05, 4.69) is 6.92 Å². The minimum absolute atomic E-state index is 0.0668. The van der Waals surface area contributed by atoms with Crippen LogP contribution in [-0.4, -0.2) is 32.0 Å². The Morgan fingerprint density at radius 1 is 0.875 bits per heavy atom. The molecule has 1 fully saturated rings. The van der Waals surface area contributed by atoms with Gasteiger partial charge in [-0.2, -0.15) is 0 Å². The second-order valence-corrected chi connectivity index (χ2v) is 9.99. The van der Waals surface area contributed by atoms with E-state index in [4.69, 9.17) is 4.74 Å². The first kappa shape index (κ1) is 21.5. The molecule has 1 rings (SSSR count). The van der Waals surface area contributed by atoms with E-state index in [0.717, 1.165) is 38.5 Å². The Balaban J connectivity index is 2.72. The van der Waals surface area contributed by atoms with Crippen molar-refractivity contribution in [2.45, 2.75) is 102 Å². The number of carbonyl (C=O) groups excluding carboxylic acids is 1. The van der Waals surface area contributed by atoms with Crippen LogP contribution in [0, 0.1) is 5.92 Å². The van der Waals surface area contributed by atoms with Crippen molar-refractivity contribution in [1.29, 1.82) is 0 Å². The number of sulfone groups is 1. The molecule has 0 aromatic rings. The minimum Gasteiger partial charge on any atom is -0.463 e. The summed E-state index contributed by atoms with van der Waals surface area (Å²) in [6, 6.07) is 0. The Hall–Kier alpha value is -0.580. The van der Waals surface area contributed by atoms with Crippen molar-refractivity contribution in [3.63, 3.8) is 0 Å². The molecule has 4 nitrogen and oxygen atoms in total. The number of carbonyl (C=O) groups is 1. The van der Waals surface area contributed by atoms with Crippen LogP contribution in [0.2, 0.25) is 0 Å². The van der Waals surface area contributed by atoms with Gasteiger partial charge in [0.05, 0.1) is 5.25 Å². The molecule has 2 unspecified atom stereocenters. The normalized spacial score (nSPS) is 29.2. The molecule has 142 valence electrons. The number of rotatable bonds is 2. The summed E-state index contributed by atoms with van der Waals surface area (Å²) in [6.07, 6.45) is 13.8. The molecule has 0 spiro atoms. The maximum absolute atomic E-state index is 12.1. The smallest absolute Gasteiger partial charge is 0.302 e. The molecule has 0 saturated heterocycles. The SMILES string of the molecule is CC(=O)OC1CCCCCCCCCCC(S(C)(=O)=O)C[C@H](C)C1. The number of ether oxygens (including phenoxy) is 1. The topological polar surface area (TPSA) is 60.4 Å². The monoisotopic (exact) mass is 360 g/mol. The largest absolute Gasteiger partial charge is 0.463 e. The summed E-state index contributed by atoms with van der Waals surface area (Å²) in [4.78, 5) is 11.3. The molecule has 1 saturated carbocycles. The zero-order valence-corrected chi connectivity index (χ0v) is 16.6. The second kappa shape index (κ2) is 11.1. The summed E-state index contributed by atoms with van der Waals surface area (Å²) in [5.74, 6) is 0.0176. The lowest BCUT2D eigenvalue weighted by molar-refractivity contribution is -0.147. The van der Waals surface area contributed by atoms with E-state index in [1.807, 2.05) is 0 Å². The highest BCUT2D eigenvalue weighted by molar-refractivity contribution is 7.91. The molecule has 3 atom stereocenters. The fourth-order valence-corrected chi connectivity index (χ4v) is 5.04. The van der Waals surface area contributed by atoms with Crippen molar-refractivity contribution in [1.82, 2.24) is 0 Å². The molecule has 0 bridgehead atoms. The predicted octanol–water partition coefficient (Wildman–Crippen LogP) is 4.66. The summed E-state index contributed by atoms with van der Waals surface area (Å²) in [5.41, 5.74) is 0. The van der Waals surface area contributed by atoms with Crippen LogP contribution >= 0.6 is 0 Å². The average Bonchev–Trinajstić information content (AvgIpc) is 2.45. The average molecular weight is 361 g/mol. The molecule has 0 heterocycles. The third-order valence-electron chi connectivity index (χ3n) is 5.07. The maximum Gasteiger partial charge on any atom is 0.302 e. The van der Waals surface area contributed by atoms with Gasteiger partial charge in [-0.3, -0.25) is 4.79 Å². The fraction of sp³-hybridized carbons (Fsp3) is 0.947. The molecule has 0 amide bonds. The zero-order chi connectivity index (χ0) is 18.0. The van der Waals surface area contributed by atoms with Crippen LogP contribution in [0.25, 0.3) is 0 Å². The quantitative estimate of drug-likeness (QED) is 0.672. The van der Waals surface area contributed by atoms with Gasteiger partial charge < -0.3 is 4.74 Å². The van der Waals surface area contributed by atoms with Gasteiger partial charge in [0.25, 0.3) is 0 Å². The van der Waals surface area contributed by atoms with E-state index in [-0.39, 0.29) is 23.2 Å². The minimum atomic E-state index is -3.02. The van der Waals surface area contributed by atoms with E-state index in [1.165, 1.54) is 45.3 Å². The highest BCUT2D eigenvalue weighted by Crippen LogP contribution is 2.25. The summed E-state index contributed by atoms with van der Waals surface area (Å²) in [6.45, 7) is 3.55. The molecule has 0 aromatic heterocycles. The molecular formula is C19H36O4S. The summed E-state index contributed by atoms with van der Waals surface area (Å²) >= 11 is 0. The molecule has 1 aliphatic rings. The van der Waals surface area contributed by atoms with Crippen LogP contribution in [0.15, 0.2) is 0 Å². The maximum atomic E-state index is 12.1. The molecule has 24 heavy (non-hydrogen) atoms. The number of esters is 1. The first-order chi connectivity index (χ1) is 11.3. The Labute approximate surface area is 148 Å². The van der Waals surface area contributed by atoms with E-state index in [9.17, 15) is 13.2 Å². The van der Waals surface area contributed by atoms with Gasteiger partial charge in [-0.05, 0) is 38.0 Å². The lowest BCUT2D eigenvalue weighted by Gasteiger charge is -2.24. The number of hydrogen-bond donors (Lipinski definition) is 0.